The maximum absolute atomic E-state index is 13.0. The summed E-state index contributed by atoms with van der Waals surface area (Å²) >= 11 is 0. The summed E-state index contributed by atoms with van der Waals surface area (Å²) in [4.78, 5) is 38.1. The number of amides is 2. The normalized spacial score (nSPS) is 13.4. The third-order valence-corrected chi connectivity index (χ3v) is 5.40. The van der Waals surface area contributed by atoms with Crippen molar-refractivity contribution in [2.75, 3.05) is 0 Å². The first-order valence-corrected chi connectivity index (χ1v) is 11.9. The van der Waals surface area contributed by atoms with Gasteiger partial charge in [0.15, 0.2) is 5.84 Å². The molecule has 0 unspecified atom stereocenters. The molecule has 2 atom stereocenters. The van der Waals surface area contributed by atoms with E-state index in [1.807, 2.05) is 30.3 Å². The number of esters is 1. The molecule has 0 bridgehead atoms. The molecule has 0 fully saturated rings. The second kappa shape index (κ2) is 13.3. The molecule has 9 nitrogen and oxygen atoms in total. The number of nitrogens with zero attached hydrogens (tertiary/aromatic N) is 1. The Morgan fingerprint density at radius 2 is 1.64 bits per heavy atom. The van der Waals surface area contributed by atoms with Crippen LogP contribution in [0.3, 0.4) is 0 Å². The van der Waals surface area contributed by atoms with Crippen molar-refractivity contribution >= 4 is 23.6 Å². The van der Waals surface area contributed by atoms with Gasteiger partial charge in [-0.2, -0.15) is 0 Å². The van der Waals surface area contributed by atoms with E-state index >= 15 is 0 Å². The molecule has 2 aromatic rings. The van der Waals surface area contributed by atoms with Crippen LogP contribution < -0.4 is 16.4 Å². The molecule has 36 heavy (non-hydrogen) atoms. The molecule has 0 aliphatic carbocycles. The minimum atomic E-state index is -0.799. The van der Waals surface area contributed by atoms with Gasteiger partial charge in [-0.1, -0.05) is 59.8 Å². The average molecular weight is 497 g/mol. The highest BCUT2D eigenvalue weighted by Gasteiger charge is 2.27. The number of hydrogen-bond acceptors (Lipinski definition) is 6. The van der Waals surface area contributed by atoms with E-state index in [-0.39, 0.29) is 30.6 Å². The second-order valence-corrected chi connectivity index (χ2v) is 9.64. The molecule has 0 aliphatic heterocycles. The predicted octanol–water partition coefficient (Wildman–Crippen LogP) is 2.88. The lowest BCUT2D eigenvalue weighted by atomic mass is 9.95. The number of rotatable bonds is 11. The summed E-state index contributed by atoms with van der Waals surface area (Å²) in [5, 5.41) is 17.2. The van der Waals surface area contributed by atoms with Gasteiger partial charge in [0.2, 0.25) is 11.8 Å². The van der Waals surface area contributed by atoms with Crippen molar-refractivity contribution < 1.29 is 24.3 Å². The van der Waals surface area contributed by atoms with Gasteiger partial charge in [0.05, 0.1) is 6.42 Å². The van der Waals surface area contributed by atoms with E-state index in [4.69, 9.17) is 15.7 Å². The van der Waals surface area contributed by atoms with Crippen LogP contribution >= 0.6 is 0 Å². The van der Waals surface area contributed by atoms with Crippen LogP contribution in [-0.2, 0) is 32.1 Å². The lowest BCUT2D eigenvalue weighted by Gasteiger charge is -2.23. The van der Waals surface area contributed by atoms with E-state index in [9.17, 15) is 14.4 Å². The van der Waals surface area contributed by atoms with Crippen LogP contribution in [0.15, 0.2) is 59.8 Å². The van der Waals surface area contributed by atoms with Crippen molar-refractivity contribution in [1.29, 1.82) is 0 Å². The van der Waals surface area contributed by atoms with E-state index in [0.29, 0.717) is 18.4 Å². The highest BCUT2D eigenvalue weighted by Crippen LogP contribution is 2.18. The maximum Gasteiger partial charge on any atom is 0.307 e. The van der Waals surface area contributed by atoms with Crippen molar-refractivity contribution in [2.24, 2.45) is 16.8 Å². The number of benzene rings is 2. The lowest BCUT2D eigenvalue weighted by Crippen LogP contribution is -2.47. The molecule has 9 heteroatoms. The highest BCUT2D eigenvalue weighted by molar-refractivity contribution is 5.97. The van der Waals surface area contributed by atoms with Gasteiger partial charge in [0, 0.05) is 18.0 Å². The van der Waals surface area contributed by atoms with Gasteiger partial charge >= 0.3 is 5.97 Å². The lowest BCUT2D eigenvalue weighted by molar-refractivity contribution is -0.157. The average Bonchev–Trinajstić information content (AvgIpc) is 2.84. The summed E-state index contributed by atoms with van der Waals surface area (Å²) in [6.45, 7) is 7.17. The molecule has 2 amide bonds. The molecule has 0 aromatic heterocycles. The molecule has 0 radical (unpaired) electrons. The first-order chi connectivity index (χ1) is 17.0. The number of oxime groups is 1. The molecule has 0 saturated heterocycles. The Bertz CT molecular complexity index is 1050. The first-order valence-electron chi connectivity index (χ1n) is 11.9. The van der Waals surface area contributed by atoms with E-state index < -0.39 is 23.5 Å². The topological polar surface area (TPSA) is 143 Å². The summed E-state index contributed by atoms with van der Waals surface area (Å²) in [6, 6.07) is 15.8. The summed E-state index contributed by atoms with van der Waals surface area (Å²) in [6.07, 6.45) is 0.983. The van der Waals surface area contributed by atoms with E-state index in [2.05, 4.69) is 15.8 Å². The van der Waals surface area contributed by atoms with Gasteiger partial charge < -0.3 is 26.3 Å². The van der Waals surface area contributed by atoms with Crippen molar-refractivity contribution in [2.45, 2.75) is 65.1 Å². The largest absolute Gasteiger partial charge is 0.460 e. The second-order valence-electron chi connectivity index (χ2n) is 9.64. The van der Waals surface area contributed by atoms with Crippen molar-refractivity contribution in [1.82, 2.24) is 10.6 Å². The third kappa shape index (κ3) is 9.77. The number of amidine groups is 1. The number of carbonyl (C=O) groups excluding carboxylic acids is 3. The van der Waals surface area contributed by atoms with Crippen LogP contribution in [0.4, 0.5) is 0 Å². The summed E-state index contributed by atoms with van der Waals surface area (Å²) < 4.78 is 5.41. The molecule has 2 aromatic carbocycles. The van der Waals surface area contributed by atoms with E-state index in [0.717, 1.165) is 11.1 Å². The number of carbonyl (C=O) groups is 3. The van der Waals surface area contributed by atoms with Gasteiger partial charge in [-0.25, -0.2) is 0 Å². The predicted molar refractivity (Wildman–Crippen MR) is 137 cm³/mol. The molecule has 2 rings (SSSR count). The van der Waals surface area contributed by atoms with Crippen LogP contribution in [0.2, 0.25) is 0 Å². The minimum absolute atomic E-state index is 0.00452. The Kier molecular flexibility index (Phi) is 10.5. The fourth-order valence-corrected chi connectivity index (χ4v) is 3.49. The molecule has 0 aliphatic rings. The Morgan fingerprint density at radius 3 is 2.22 bits per heavy atom. The van der Waals surface area contributed by atoms with Crippen LogP contribution in [0.1, 0.15) is 57.2 Å². The summed E-state index contributed by atoms with van der Waals surface area (Å²) in [5.74, 6) is -1.83. The van der Waals surface area contributed by atoms with Crippen LogP contribution in [-0.4, -0.2) is 40.5 Å². The Morgan fingerprint density at radius 1 is 1.00 bits per heavy atom. The molecule has 0 heterocycles. The molecular formula is C27H36N4O5. The number of hydrogen-bond donors (Lipinski definition) is 4. The highest BCUT2D eigenvalue weighted by atomic mass is 16.6. The van der Waals surface area contributed by atoms with Crippen LogP contribution in [0.25, 0.3) is 0 Å². The zero-order valence-corrected chi connectivity index (χ0v) is 21.3. The number of nitrogens with two attached hydrogens (primary N) is 1. The standard InChI is InChI=1S/C27H36N4O5/c1-18(25(33)29-17-20-11-13-21(14-12-20)24(28)31-35)30-26(34)22(16-23(32)36-27(2,3)4)15-10-19-8-6-5-7-9-19/h5-9,11-14,18,22,35H,10,15-17H2,1-4H3,(H2,28,31)(H,29,33)(H,30,34)/t18-,22-/m0/s1. The van der Waals surface area contributed by atoms with Crippen molar-refractivity contribution in [3.05, 3.63) is 71.3 Å². The fraction of sp³-hybridized carbons (Fsp3) is 0.407. The smallest absolute Gasteiger partial charge is 0.307 e. The first kappa shape index (κ1) is 28.4. The Labute approximate surface area is 212 Å². The molecular weight excluding hydrogens is 460 g/mol. The van der Waals surface area contributed by atoms with Gasteiger partial charge in [-0.3, -0.25) is 14.4 Å². The van der Waals surface area contributed by atoms with Crippen molar-refractivity contribution in [3.8, 4) is 0 Å². The SMILES string of the molecule is C[C@H](NC(=O)[C@@H](CCc1ccccc1)CC(=O)OC(C)(C)C)C(=O)NCc1ccc(C(N)=NO)cc1. The molecule has 0 spiro atoms. The minimum Gasteiger partial charge on any atom is -0.460 e. The monoisotopic (exact) mass is 496 g/mol. The van der Waals surface area contributed by atoms with Crippen LogP contribution in [0.5, 0.6) is 0 Å². The van der Waals surface area contributed by atoms with Gasteiger partial charge in [-0.05, 0) is 51.7 Å². The van der Waals surface area contributed by atoms with Gasteiger partial charge in [0.25, 0.3) is 0 Å². The van der Waals surface area contributed by atoms with Crippen molar-refractivity contribution in [3.63, 3.8) is 0 Å². The Hall–Kier alpha value is -3.88. The van der Waals surface area contributed by atoms with E-state index in [1.54, 1.807) is 52.0 Å². The number of ether oxygens (including phenoxy) is 1. The van der Waals surface area contributed by atoms with Gasteiger partial charge in [-0.15, -0.1) is 0 Å². The zero-order chi connectivity index (χ0) is 26.7. The fourth-order valence-electron chi connectivity index (χ4n) is 3.49. The Balaban J connectivity index is 1.96. The number of nitrogens with one attached hydrogen (secondary N) is 2. The van der Waals surface area contributed by atoms with Crippen LogP contribution in [0, 0.1) is 5.92 Å². The molecule has 0 saturated carbocycles. The molecule has 194 valence electrons. The molecule has 5 N–H and O–H groups in total. The maximum atomic E-state index is 13.0. The zero-order valence-electron chi connectivity index (χ0n) is 21.3. The summed E-state index contributed by atoms with van der Waals surface area (Å²) in [7, 11) is 0. The third-order valence-electron chi connectivity index (χ3n) is 5.40. The number of aryl methyl sites for hydroxylation is 1. The summed E-state index contributed by atoms with van der Waals surface area (Å²) in [5.41, 5.74) is 7.32. The quantitative estimate of drug-likeness (QED) is 0.124. The van der Waals surface area contributed by atoms with Gasteiger partial charge in [0.1, 0.15) is 11.6 Å². The van der Waals surface area contributed by atoms with E-state index in [1.165, 1.54) is 0 Å².